The van der Waals surface area contributed by atoms with E-state index in [1.807, 2.05) is 31.2 Å². The lowest BCUT2D eigenvalue weighted by Crippen LogP contribution is -2.36. The van der Waals surface area contributed by atoms with Crippen molar-refractivity contribution < 1.29 is 14.3 Å². The first-order chi connectivity index (χ1) is 13.7. The molecule has 2 N–H and O–H groups in total. The highest BCUT2D eigenvalue weighted by Crippen LogP contribution is 2.14. The quantitative estimate of drug-likeness (QED) is 0.731. The van der Waals surface area contributed by atoms with E-state index in [1.165, 1.54) is 5.56 Å². The summed E-state index contributed by atoms with van der Waals surface area (Å²) < 4.78 is 10.9. The van der Waals surface area contributed by atoms with Gasteiger partial charge in [-0.1, -0.05) is 30.3 Å². The standard InChI is InChI=1S/C21H28N4O3/c1-2-28-20-19(7-4-8-22-20)15-24-21(26)23-14-17-5-3-6-18(13-17)16-25-9-11-27-12-10-25/h3-8,13H,2,9-12,14-16H2,1H3,(H2,23,24,26). The number of amides is 2. The van der Waals surface area contributed by atoms with E-state index in [4.69, 9.17) is 9.47 Å². The monoisotopic (exact) mass is 384 g/mol. The third-order valence-electron chi connectivity index (χ3n) is 4.52. The number of carbonyl (C=O) groups is 1. The summed E-state index contributed by atoms with van der Waals surface area (Å²) in [5.74, 6) is 0.557. The fraction of sp³-hybridized carbons (Fsp3) is 0.429. The van der Waals surface area contributed by atoms with Gasteiger partial charge in [0.2, 0.25) is 5.88 Å². The maximum Gasteiger partial charge on any atom is 0.315 e. The molecule has 2 heterocycles. The van der Waals surface area contributed by atoms with E-state index in [0.717, 1.165) is 44.0 Å². The van der Waals surface area contributed by atoms with Crippen molar-refractivity contribution in [2.75, 3.05) is 32.9 Å². The van der Waals surface area contributed by atoms with Gasteiger partial charge in [-0.25, -0.2) is 9.78 Å². The van der Waals surface area contributed by atoms with E-state index in [2.05, 4.69) is 32.7 Å². The third kappa shape index (κ3) is 6.21. The topological polar surface area (TPSA) is 75.7 Å². The average molecular weight is 384 g/mol. The minimum absolute atomic E-state index is 0.218. The Labute approximate surface area is 166 Å². The summed E-state index contributed by atoms with van der Waals surface area (Å²) in [6.45, 7) is 7.71. The zero-order valence-electron chi connectivity index (χ0n) is 16.3. The van der Waals surface area contributed by atoms with Gasteiger partial charge in [-0.3, -0.25) is 4.90 Å². The van der Waals surface area contributed by atoms with E-state index >= 15 is 0 Å². The molecule has 1 aliphatic heterocycles. The predicted molar refractivity (Wildman–Crippen MR) is 107 cm³/mol. The lowest BCUT2D eigenvalue weighted by Gasteiger charge is -2.26. The van der Waals surface area contributed by atoms with Gasteiger partial charge in [0.05, 0.1) is 19.8 Å². The van der Waals surface area contributed by atoms with Crippen LogP contribution in [0.1, 0.15) is 23.6 Å². The Morgan fingerprint density at radius 3 is 2.75 bits per heavy atom. The number of nitrogens with one attached hydrogen (secondary N) is 2. The minimum Gasteiger partial charge on any atom is -0.478 e. The number of pyridine rings is 1. The molecule has 2 amide bonds. The second-order valence-electron chi connectivity index (χ2n) is 6.65. The van der Waals surface area contributed by atoms with Crippen LogP contribution in [0.4, 0.5) is 4.79 Å². The molecule has 3 rings (SSSR count). The van der Waals surface area contributed by atoms with Gasteiger partial charge < -0.3 is 20.1 Å². The van der Waals surface area contributed by atoms with Crippen molar-refractivity contribution in [3.63, 3.8) is 0 Å². The van der Waals surface area contributed by atoms with E-state index in [9.17, 15) is 4.79 Å². The fourth-order valence-corrected chi connectivity index (χ4v) is 3.10. The molecule has 150 valence electrons. The van der Waals surface area contributed by atoms with E-state index < -0.39 is 0 Å². The Hall–Kier alpha value is -2.64. The van der Waals surface area contributed by atoms with Crippen LogP contribution in [-0.4, -0.2) is 48.8 Å². The largest absolute Gasteiger partial charge is 0.478 e. The fourth-order valence-electron chi connectivity index (χ4n) is 3.10. The molecule has 2 aromatic rings. The normalized spacial score (nSPS) is 14.5. The molecule has 0 bridgehead atoms. The van der Waals surface area contributed by atoms with Gasteiger partial charge in [-0.05, 0) is 24.1 Å². The van der Waals surface area contributed by atoms with Crippen molar-refractivity contribution in [3.8, 4) is 5.88 Å². The van der Waals surface area contributed by atoms with Gasteiger partial charge in [-0.15, -0.1) is 0 Å². The Morgan fingerprint density at radius 2 is 1.93 bits per heavy atom. The predicted octanol–water partition coefficient (Wildman–Crippen LogP) is 2.31. The molecule has 0 unspecified atom stereocenters. The molecule has 28 heavy (non-hydrogen) atoms. The summed E-state index contributed by atoms with van der Waals surface area (Å²) in [5, 5.41) is 5.76. The summed E-state index contributed by atoms with van der Waals surface area (Å²) in [6.07, 6.45) is 1.68. The number of rotatable bonds is 8. The van der Waals surface area contributed by atoms with Gasteiger partial charge in [-0.2, -0.15) is 0 Å². The first kappa shape index (κ1) is 20.1. The number of hydrogen-bond acceptors (Lipinski definition) is 5. The van der Waals surface area contributed by atoms with Crippen LogP contribution in [0.3, 0.4) is 0 Å². The second-order valence-corrected chi connectivity index (χ2v) is 6.65. The minimum atomic E-state index is -0.218. The zero-order valence-corrected chi connectivity index (χ0v) is 16.3. The molecule has 7 heteroatoms. The van der Waals surface area contributed by atoms with Crippen molar-refractivity contribution in [2.24, 2.45) is 0 Å². The second kappa shape index (κ2) is 10.6. The van der Waals surface area contributed by atoms with Gasteiger partial charge in [0.15, 0.2) is 0 Å². The molecule has 0 atom stereocenters. The Kier molecular flexibility index (Phi) is 7.63. The lowest BCUT2D eigenvalue weighted by molar-refractivity contribution is 0.0342. The highest BCUT2D eigenvalue weighted by molar-refractivity contribution is 5.73. The SMILES string of the molecule is CCOc1ncccc1CNC(=O)NCc1cccc(CN2CCOCC2)c1. The van der Waals surface area contributed by atoms with E-state index in [0.29, 0.717) is 25.6 Å². The van der Waals surface area contributed by atoms with Crippen LogP contribution in [0.25, 0.3) is 0 Å². The van der Waals surface area contributed by atoms with Gasteiger partial charge >= 0.3 is 6.03 Å². The van der Waals surface area contributed by atoms with Crippen LogP contribution in [0.5, 0.6) is 5.88 Å². The van der Waals surface area contributed by atoms with Crippen LogP contribution >= 0.6 is 0 Å². The number of hydrogen-bond donors (Lipinski definition) is 2. The summed E-state index contributed by atoms with van der Waals surface area (Å²) in [4.78, 5) is 18.7. The first-order valence-corrected chi connectivity index (χ1v) is 9.71. The number of urea groups is 1. The Balaban J connectivity index is 1.46. The van der Waals surface area contributed by atoms with Crippen LogP contribution in [0.15, 0.2) is 42.6 Å². The molecule has 0 spiro atoms. The summed E-state index contributed by atoms with van der Waals surface area (Å²) >= 11 is 0. The average Bonchev–Trinajstić information content (AvgIpc) is 2.73. The molecular formula is C21H28N4O3. The molecule has 1 fully saturated rings. The van der Waals surface area contributed by atoms with Gasteiger partial charge in [0.25, 0.3) is 0 Å². The molecular weight excluding hydrogens is 356 g/mol. The van der Waals surface area contributed by atoms with Crippen LogP contribution < -0.4 is 15.4 Å². The van der Waals surface area contributed by atoms with Crippen molar-refractivity contribution in [1.82, 2.24) is 20.5 Å². The molecule has 1 saturated heterocycles. The Bertz CT molecular complexity index is 763. The number of benzene rings is 1. The molecule has 7 nitrogen and oxygen atoms in total. The first-order valence-electron chi connectivity index (χ1n) is 9.71. The number of carbonyl (C=O) groups excluding carboxylic acids is 1. The molecule has 1 aliphatic rings. The number of nitrogens with zero attached hydrogens (tertiary/aromatic N) is 2. The van der Waals surface area contributed by atoms with Crippen molar-refractivity contribution >= 4 is 6.03 Å². The number of morpholine rings is 1. The molecule has 1 aromatic heterocycles. The highest BCUT2D eigenvalue weighted by atomic mass is 16.5. The van der Waals surface area contributed by atoms with E-state index in [-0.39, 0.29) is 6.03 Å². The van der Waals surface area contributed by atoms with E-state index in [1.54, 1.807) is 6.20 Å². The molecule has 0 radical (unpaired) electrons. The van der Waals surface area contributed by atoms with Crippen molar-refractivity contribution in [2.45, 2.75) is 26.6 Å². The smallest absolute Gasteiger partial charge is 0.315 e. The maximum atomic E-state index is 12.2. The van der Waals surface area contributed by atoms with Crippen molar-refractivity contribution in [1.29, 1.82) is 0 Å². The number of aromatic nitrogens is 1. The molecule has 0 aliphatic carbocycles. The summed E-state index contributed by atoms with van der Waals surface area (Å²) in [5.41, 5.74) is 3.18. The van der Waals surface area contributed by atoms with Gasteiger partial charge in [0.1, 0.15) is 0 Å². The zero-order chi connectivity index (χ0) is 19.6. The lowest BCUT2D eigenvalue weighted by atomic mass is 10.1. The maximum absolute atomic E-state index is 12.2. The Morgan fingerprint density at radius 1 is 1.14 bits per heavy atom. The van der Waals surface area contributed by atoms with Crippen LogP contribution in [-0.2, 0) is 24.4 Å². The molecule has 0 saturated carbocycles. The molecule has 1 aromatic carbocycles. The highest BCUT2D eigenvalue weighted by Gasteiger charge is 2.11. The summed E-state index contributed by atoms with van der Waals surface area (Å²) in [7, 11) is 0. The van der Waals surface area contributed by atoms with Crippen LogP contribution in [0.2, 0.25) is 0 Å². The van der Waals surface area contributed by atoms with Gasteiger partial charge in [0, 0.05) is 44.5 Å². The van der Waals surface area contributed by atoms with Crippen LogP contribution in [0, 0.1) is 0 Å². The van der Waals surface area contributed by atoms with Crippen molar-refractivity contribution in [3.05, 3.63) is 59.3 Å². The summed E-state index contributed by atoms with van der Waals surface area (Å²) in [6, 6.07) is 11.8. The third-order valence-corrected chi connectivity index (χ3v) is 4.52. The number of ether oxygens (including phenoxy) is 2.